The van der Waals surface area contributed by atoms with Crippen molar-refractivity contribution in [2.75, 3.05) is 13.1 Å². The lowest BCUT2D eigenvalue weighted by Crippen LogP contribution is -2.48. The van der Waals surface area contributed by atoms with Gasteiger partial charge in [0.1, 0.15) is 5.78 Å². The summed E-state index contributed by atoms with van der Waals surface area (Å²) in [4.78, 5) is 11.9. The molecule has 2 heteroatoms. The van der Waals surface area contributed by atoms with Gasteiger partial charge in [-0.1, -0.05) is 18.6 Å². The zero-order valence-electron chi connectivity index (χ0n) is 9.31. The van der Waals surface area contributed by atoms with Crippen LogP contribution in [0.2, 0.25) is 0 Å². The highest BCUT2D eigenvalue weighted by Crippen LogP contribution is 2.49. The fourth-order valence-corrected chi connectivity index (χ4v) is 2.95. The molecule has 0 bridgehead atoms. The molecule has 2 rings (SSSR count). The van der Waals surface area contributed by atoms with Gasteiger partial charge < -0.3 is 5.32 Å². The van der Waals surface area contributed by atoms with E-state index in [9.17, 15) is 4.79 Å². The van der Waals surface area contributed by atoms with Gasteiger partial charge in [-0.25, -0.2) is 0 Å². The lowest BCUT2D eigenvalue weighted by atomic mass is 9.59. The van der Waals surface area contributed by atoms with Crippen LogP contribution in [0, 0.1) is 10.8 Å². The monoisotopic (exact) mass is 193 g/mol. The number of Topliss-reactive ketones (excluding diaryl/α,β-unsaturated/α-hetero) is 1. The Kier molecular flexibility index (Phi) is 2.07. The van der Waals surface area contributed by atoms with E-state index in [0.29, 0.717) is 5.78 Å². The van der Waals surface area contributed by atoms with Crippen molar-refractivity contribution in [3.8, 4) is 0 Å². The Morgan fingerprint density at radius 1 is 1.36 bits per heavy atom. The van der Waals surface area contributed by atoms with Gasteiger partial charge in [0.05, 0.1) is 0 Å². The van der Waals surface area contributed by atoms with Gasteiger partial charge in [-0.05, 0) is 20.3 Å². The van der Waals surface area contributed by atoms with Crippen molar-refractivity contribution in [3.63, 3.8) is 0 Å². The summed E-state index contributed by atoms with van der Waals surface area (Å²) in [6.07, 6.45) is 3.97. The minimum Gasteiger partial charge on any atom is -0.312 e. The van der Waals surface area contributed by atoms with Crippen molar-refractivity contribution in [1.29, 1.82) is 0 Å². The average molecular weight is 193 g/mol. The fourth-order valence-electron chi connectivity index (χ4n) is 2.95. The number of carbonyl (C=O) groups is 1. The second kappa shape index (κ2) is 2.93. The molecule has 0 amide bonds. The van der Waals surface area contributed by atoms with Crippen molar-refractivity contribution in [2.24, 2.45) is 10.8 Å². The number of hydrogen-bond acceptors (Lipinski definition) is 2. The van der Waals surface area contributed by atoms with E-state index < -0.39 is 0 Å². The van der Waals surface area contributed by atoms with Gasteiger partial charge in [-0.3, -0.25) is 4.79 Å². The maximum Gasteiger partial charge on any atom is 0.142 e. The van der Waals surface area contributed by atoms with Crippen molar-refractivity contribution in [1.82, 2.24) is 5.32 Å². The molecule has 14 heavy (non-hydrogen) atoms. The van der Waals surface area contributed by atoms with Gasteiger partial charge in [0.25, 0.3) is 0 Å². The normalized spacial score (nSPS) is 36.2. The first-order valence-electron chi connectivity index (χ1n) is 5.42. The summed E-state index contributed by atoms with van der Waals surface area (Å²) >= 11 is 0. The highest BCUT2D eigenvalue weighted by Gasteiger charge is 2.46. The minimum atomic E-state index is -0.227. The highest BCUT2D eigenvalue weighted by molar-refractivity contribution is 5.89. The van der Waals surface area contributed by atoms with Crippen LogP contribution in [0.3, 0.4) is 0 Å². The SMILES string of the molecule is CC1(C)C(=O)CC[C@@]2(C)CNCC=C12. The van der Waals surface area contributed by atoms with Crippen molar-refractivity contribution < 1.29 is 4.79 Å². The van der Waals surface area contributed by atoms with Gasteiger partial charge >= 0.3 is 0 Å². The van der Waals surface area contributed by atoms with E-state index in [4.69, 9.17) is 0 Å². The summed E-state index contributed by atoms with van der Waals surface area (Å²) < 4.78 is 0. The molecule has 1 aliphatic carbocycles. The first-order chi connectivity index (χ1) is 6.47. The van der Waals surface area contributed by atoms with Gasteiger partial charge in [0.15, 0.2) is 0 Å². The van der Waals surface area contributed by atoms with Crippen LogP contribution in [0.5, 0.6) is 0 Å². The molecule has 1 fully saturated rings. The number of carbonyl (C=O) groups excluding carboxylic acids is 1. The fraction of sp³-hybridized carbons (Fsp3) is 0.750. The third-order valence-corrected chi connectivity index (χ3v) is 3.89. The Hall–Kier alpha value is -0.630. The van der Waals surface area contributed by atoms with Crippen LogP contribution in [0.15, 0.2) is 11.6 Å². The standard InChI is InChI=1S/C12H19NO/c1-11(2)9-5-7-13-8-12(9,3)6-4-10(11)14/h5,13H,4,6-8H2,1-3H3/t12-/m0/s1. The number of fused-ring (bicyclic) bond motifs is 1. The van der Waals surface area contributed by atoms with Crippen molar-refractivity contribution >= 4 is 5.78 Å². The predicted octanol–water partition coefficient (Wildman–Crippen LogP) is 1.91. The number of rotatable bonds is 0. The van der Waals surface area contributed by atoms with Crippen LogP contribution < -0.4 is 5.32 Å². The molecule has 0 aromatic carbocycles. The lowest BCUT2D eigenvalue weighted by Gasteiger charge is -2.47. The summed E-state index contributed by atoms with van der Waals surface area (Å²) in [5, 5.41) is 3.39. The van der Waals surface area contributed by atoms with Gasteiger partial charge in [-0.15, -0.1) is 0 Å². The van der Waals surface area contributed by atoms with Crippen molar-refractivity contribution in [3.05, 3.63) is 11.6 Å². The third-order valence-electron chi connectivity index (χ3n) is 3.89. The molecule has 0 saturated heterocycles. The van der Waals surface area contributed by atoms with E-state index in [1.807, 2.05) is 0 Å². The van der Waals surface area contributed by atoms with E-state index in [1.54, 1.807) is 0 Å². The second-order valence-electron chi connectivity index (χ2n) is 5.36. The summed E-state index contributed by atoms with van der Waals surface area (Å²) in [5.41, 5.74) is 1.35. The van der Waals surface area contributed by atoms with Crippen LogP contribution >= 0.6 is 0 Å². The Morgan fingerprint density at radius 3 is 2.79 bits per heavy atom. The van der Waals surface area contributed by atoms with Crippen molar-refractivity contribution in [2.45, 2.75) is 33.6 Å². The van der Waals surface area contributed by atoms with Gasteiger partial charge in [0, 0.05) is 30.3 Å². The molecule has 0 aromatic rings. The minimum absolute atomic E-state index is 0.218. The van der Waals surface area contributed by atoms with E-state index in [1.165, 1.54) is 5.57 Å². The van der Waals surface area contributed by atoms with Crippen LogP contribution in [-0.4, -0.2) is 18.9 Å². The molecule has 0 radical (unpaired) electrons. The quantitative estimate of drug-likeness (QED) is 0.595. The molecular weight excluding hydrogens is 174 g/mol. The van der Waals surface area contributed by atoms with Gasteiger partial charge in [0.2, 0.25) is 0 Å². The Labute approximate surface area is 85.8 Å². The van der Waals surface area contributed by atoms with E-state index in [2.05, 4.69) is 32.2 Å². The smallest absolute Gasteiger partial charge is 0.142 e. The van der Waals surface area contributed by atoms with E-state index in [0.717, 1.165) is 25.9 Å². The molecular formula is C12H19NO. The van der Waals surface area contributed by atoms with Crippen LogP contribution in [-0.2, 0) is 4.79 Å². The Balaban J connectivity index is 2.44. The molecule has 1 saturated carbocycles. The second-order valence-corrected chi connectivity index (χ2v) is 5.36. The van der Waals surface area contributed by atoms with Gasteiger partial charge in [-0.2, -0.15) is 0 Å². The molecule has 2 nitrogen and oxygen atoms in total. The molecule has 1 atom stereocenters. The maximum absolute atomic E-state index is 11.9. The Morgan fingerprint density at radius 2 is 2.07 bits per heavy atom. The summed E-state index contributed by atoms with van der Waals surface area (Å²) in [6, 6.07) is 0. The summed E-state index contributed by atoms with van der Waals surface area (Å²) in [6.45, 7) is 8.37. The van der Waals surface area contributed by atoms with Crippen LogP contribution in [0.25, 0.3) is 0 Å². The zero-order valence-corrected chi connectivity index (χ0v) is 9.31. The molecule has 2 aliphatic rings. The first kappa shape index (κ1) is 9.91. The Bertz CT molecular complexity index is 303. The molecule has 1 aliphatic heterocycles. The third kappa shape index (κ3) is 1.24. The summed E-state index contributed by atoms with van der Waals surface area (Å²) in [5.74, 6) is 0.406. The largest absolute Gasteiger partial charge is 0.312 e. The maximum atomic E-state index is 11.9. The van der Waals surface area contributed by atoms with E-state index >= 15 is 0 Å². The van der Waals surface area contributed by atoms with Crippen LogP contribution in [0.1, 0.15) is 33.6 Å². The number of nitrogens with one attached hydrogen (secondary N) is 1. The number of ketones is 1. The summed E-state index contributed by atoms with van der Waals surface area (Å²) in [7, 11) is 0. The molecule has 0 unspecified atom stereocenters. The first-order valence-corrected chi connectivity index (χ1v) is 5.42. The highest BCUT2D eigenvalue weighted by atomic mass is 16.1. The molecule has 0 aromatic heterocycles. The average Bonchev–Trinajstić information content (AvgIpc) is 2.13. The molecule has 1 N–H and O–H groups in total. The topological polar surface area (TPSA) is 29.1 Å². The molecule has 78 valence electrons. The zero-order chi connectivity index (χ0) is 10.4. The predicted molar refractivity (Wildman–Crippen MR) is 57.1 cm³/mol. The van der Waals surface area contributed by atoms with E-state index in [-0.39, 0.29) is 10.8 Å². The number of hydrogen-bond donors (Lipinski definition) is 1. The molecule has 1 heterocycles. The molecule has 0 spiro atoms. The van der Waals surface area contributed by atoms with Crippen LogP contribution in [0.4, 0.5) is 0 Å². The lowest BCUT2D eigenvalue weighted by molar-refractivity contribution is -0.128.